The first-order valence-electron chi connectivity index (χ1n) is 8.07. The van der Waals surface area contributed by atoms with Gasteiger partial charge in [-0.25, -0.2) is 4.98 Å². The van der Waals surface area contributed by atoms with Gasteiger partial charge in [-0.1, -0.05) is 48.9 Å². The highest BCUT2D eigenvalue weighted by atomic mass is 35.5. The molecule has 2 aromatic carbocycles. The molecule has 3 rings (SSSR count). The highest BCUT2D eigenvalue weighted by Gasteiger charge is 2.12. The lowest BCUT2D eigenvalue weighted by atomic mass is 10.00. The second kappa shape index (κ2) is 7.91. The number of thiazole rings is 1. The summed E-state index contributed by atoms with van der Waals surface area (Å²) in [4.78, 5) is 16.9. The number of aliphatic hydroxyl groups excluding tert-OH is 1. The Morgan fingerprint density at radius 3 is 2.48 bits per heavy atom. The van der Waals surface area contributed by atoms with E-state index in [9.17, 15) is 4.79 Å². The van der Waals surface area contributed by atoms with Crippen LogP contribution in [0.1, 0.15) is 33.4 Å². The quantitative estimate of drug-likeness (QED) is 0.624. The largest absolute Gasteiger partial charge is 0.389 e. The number of hydrogen-bond donors (Lipinski definition) is 1. The zero-order chi connectivity index (χ0) is 17.8. The Labute approximate surface area is 155 Å². The molecule has 0 saturated carbocycles. The van der Waals surface area contributed by atoms with Crippen LogP contribution in [0.5, 0.6) is 0 Å². The molecule has 1 aromatic heterocycles. The first-order valence-corrected chi connectivity index (χ1v) is 9.32. The molecule has 0 aliphatic heterocycles. The van der Waals surface area contributed by atoms with Gasteiger partial charge in [0.1, 0.15) is 5.01 Å². The molecule has 0 aliphatic rings. The van der Waals surface area contributed by atoms with Crippen LogP contribution in [0.2, 0.25) is 5.02 Å². The number of carbonyl (C=O) groups is 1. The Morgan fingerprint density at radius 2 is 1.88 bits per heavy atom. The monoisotopic (exact) mass is 371 g/mol. The van der Waals surface area contributed by atoms with Gasteiger partial charge in [0.15, 0.2) is 5.78 Å². The van der Waals surface area contributed by atoms with Crippen molar-refractivity contribution in [2.45, 2.75) is 26.4 Å². The minimum absolute atomic E-state index is 0.0108. The summed E-state index contributed by atoms with van der Waals surface area (Å²) in [6, 6.07) is 13.4. The second-order valence-electron chi connectivity index (χ2n) is 5.75. The topological polar surface area (TPSA) is 50.2 Å². The number of nitrogens with zero attached hydrogens (tertiary/aromatic N) is 1. The number of aryl methyl sites for hydroxylation is 1. The maximum Gasteiger partial charge on any atom is 0.168 e. The van der Waals surface area contributed by atoms with Crippen LogP contribution in [-0.4, -0.2) is 15.9 Å². The minimum atomic E-state index is -0.0468. The van der Waals surface area contributed by atoms with Crippen LogP contribution >= 0.6 is 22.9 Å². The van der Waals surface area contributed by atoms with Gasteiger partial charge in [0, 0.05) is 22.9 Å². The molecule has 3 aromatic rings. The van der Waals surface area contributed by atoms with Crippen molar-refractivity contribution in [3.05, 3.63) is 74.6 Å². The maximum atomic E-state index is 12.5. The zero-order valence-electron chi connectivity index (χ0n) is 13.8. The van der Waals surface area contributed by atoms with Crippen LogP contribution < -0.4 is 0 Å². The third kappa shape index (κ3) is 4.15. The summed E-state index contributed by atoms with van der Waals surface area (Å²) in [5.41, 5.74) is 4.43. The highest BCUT2D eigenvalue weighted by Crippen LogP contribution is 2.24. The number of aliphatic hydroxyl groups is 1. The van der Waals surface area contributed by atoms with Crippen LogP contribution in [-0.2, 0) is 19.4 Å². The molecule has 0 amide bonds. The molecule has 3 nitrogen and oxygen atoms in total. The van der Waals surface area contributed by atoms with E-state index >= 15 is 0 Å². The SMILES string of the molecule is CCc1ccc(C(=O)Cc2ccc(-c3csc(CO)n3)cc2)c(Cl)c1. The highest BCUT2D eigenvalue weighted by molar-refractivity contribution is 7.09. The normalized spacial score (nSPS) is 10.8. The number of benzene rings is 2. The number of rotatable bonds is 6. The van der Waals surface area contributed by atoms with Crippen molar-refractivity contribution >= 4 is 28.7 Å². The zero-order valence-corrected chi connectivity index (χ0v) is 15.4. The minimum Gasteiger partial charge on any atom is -0.389 e. The average Bonchev–Trinajstić information content (AvgIpc) is 3.11. The molecule has 25 heavy (non-hydrogen) atoms. The van der Waals surface area contributed by atoms with Crippen LogP contribution in [0, 0.1) is 0 Å². The van der Waals surface area contributed by atoms with Crippen molar-refractivity contribution in [3.63, 3.8) is 0 Å². The standard InChI is InChI=1S/C20H18ClNO2S/c1-2-13-5-8-16(17(21)9-13)19(24)10-14-3-6-15(7-4-14)18-12-25-20(11-23)22-18/h3-9,12,23H,2,10-11H2,1H3. The summed E-state index contributed by atoms with van der Waals surface area (Å²) in [5.74, 6) is 0.0108. The van der Waals surface area contributed by atoms with Crippen molar-refractivity contribution in [2.24, 2.45) is 0 Å². The molecule has 0 spiro atoms. The van der Waals surface area contributed by atoms with E-state index in [-0.39, 0.29) is 12.4 Å². The van der Waals surface area contributed by atoms with Gasteiger partial charge in [0.2, 0.25) is 0 Å². The Hall–Kier alpha value is -2.01. The van der Waals surface area contributed by atoms with E-state index in [2.05, 4.69) is 11.9 Å². The lowest BCUT2D eigenvalue weighted by Crippen LogP contribution is -2.04. The van der Waals surface area contributed by atoms with E-state index in [0.29, 0.717) is 22.0 Å². The van der Waals surface area contributed by atoms with E-state index in [1.54, 1.807) is 0 Å². The molecular weight excluding hydrogens is 354 g/mol. The fourth-order valence-corrected chi connectivity index (χ4v) is 3.57. The third-order valence-corrected chi connectivity index (χ3v) is 5.19. The number of hydrogen-bond acceptors (Lipinski definition) is 4. The van der Waals surface area contributed by atoms with Crippen molar-refractivity contribution < 1.29 is 9.90 Å². The van der Waals surface area contributed by atoms with Crippen LogP contribution in [0.15, 0.2) is 47.8 Å². The van der Waals surface area contributed by atoms with E-state index in [1.165, 1.54) is 11.3 Å². The van der Waals surface area contributed by atoms with Gasteiger partial charge < -0.3 is 5.11 Å². The summed E-state index contributed by atoms with van der Waals surface area (Å²) in [5, 5.41) is 12.2. The van der Waals surface area contributed by atoms with Gasteiger partial charge in [-0.15, -0.1) is 11.3 Å². The number of aromatic nitrogens is 1. The van der Waals surface area contributed by atoms with Gasteiger partial charge in [-0.2, -0.15) is 0 Å². The summed E-state index contributed by atoms with van der Waals surface area (Å²) in [6.45, 7) is 2.01. The third-order valence-electron chi connectivity index (χ3n) is 4.04. The van der Waals surface area contributed by atoms with Gasteiger partial charge in [0.25, 0.3) is 0 Å². The number of carbonyl (C=O) groups excluding carboxylic acids is 1. The summed E-state index contributed by atoms with van der Waals surface area (Å²) < 4.78 is 0. The predicted octanol–water partition coefficient (Wildman–Crippen LogP) is 4.94. The molecule has 128 valence electrons. The smallest absolute Gasteiger partial charge is 0.168 e. The lowest BCUT2D eigenvalue weighted by Gasteiger charge is -2.06. The molecule has 0 bridgehead atoms. The molecule has 0 fully saturated rings. The molecule has 1 heterocycles. The number of ketones is 1. The fourth-order valence-electron chi connectivity index (χ4n) is 2.59. The summed E-state index contributed by atoms with van der Waals surface area (Å²) >= 11 is 7.67. The molecule has 0 aliphatic carbocycles. The summed E-state index contributed by atoms with van der Waals surface area (Å²) in [6.07, 6.45) is 1.20. The van der Waals surface area contributed by atoms with Crippen LogP contribution in [0.25, 0.3) is 11.3 Å². The average molecular weight is 372 g/mol. The fraction of sp³-hybridized carbons (Fsp3) is 0.200. The van der Waals surface area contributed by atoms with Crippen molar-refractivity contribution in [1.82, 2.24) is 4.98 Å². The van der Waals surface area contributed by atoms with E-state index in [0.717, 1.165) is 28.8 Å². The van der Waals surface area contributed by atoms with Crippen molar-refractivity contribution in [1.29, 1.82) is 0 Å². The van der Waals surface area contributed by atoms with Crippen molar-refractivity contribution in [3.8, 4) is 11.3 Å². The van der Waals surface area contributed by atoms with E-state index in [1.807, 2.05) is 47.8 Å². The Bertz CT molecular complexity index is 887. The van der Waals surface area contributed by atoms with Crippen molar-refractivity contribution in [2.75, 3.05) is 0 Å². The molecule has 0 atom stereocenters. The molecule has 5 heteroatoms. The van der Waals surface area contributed by atoms with Gasteiger partial charge >= 0.3 is 0 Å². The van der Waals surface area contributed by atoms with Gasteiger partial charge in [0.05, 0.1) is 17.3 Å². The van der Waals surface area contributed by atoms with Gasteiger partial charge in [-0.3, -0.25) is 4.79 Å². The number of Topliss-reactive ketones (excluding diaryl/α,β-unsaturated/α-hetero) is 1. The Morgan fingerprint density at radius 1 is 1.16 bits per heavy atom. The molecule has 0 saturated heterocycles. The molecule has 1 N–H and O–H groups in total. The Balaban J connectivity index is 1.73. The lowest BCUT2D eigenvalue weighted by molar-refractivity contribution is 0.0993. The first-order chi connectivity index (χ1) is 12.1. The van der Waals surface area contributed by atoms with E-state index in [4.69, 9.17) is 16.7 Å². The Kier molecular flexibility index (Phi) is 5.63. The van der Waals surface area contributed by atoms with Gasteiger partial charge in [-0.05, 0) is 29.7 Å². The second-order valence-corrected chi connectivity index (χ2v) is 7.10. The summed E-state index contributed by atoms with van der Waals surface area (Å²) in [7, 11) is 0. The first kappa shape index (κ1) is 17.8. The number of halogens is 1. The van der Waals surface area contributed by atoms with Crippen LogP contribution in [0.3, 0.4) is 0 Å². The van der Waals surface area contributed by atoms with Crippen LogP contribution in [0.4, 0.5) is 0 Å². The molecule has 0 unspecified atom stereocenters. The molecule has 0 radical (unpaired) electrons. The molecular formula is C20H18ClNO2S. The van der Waals surface area contributed by atoms with E-state index < -0.39 is 0 Å². The maximum absolute atomic E-state index is 12.5. The predicted molar refractivity (Wildman–Crippen MR) is 102 cm³/mol.